The molecule has 0 saturated heterocycles. The van der Waals surface area contributed by atoms with Crippen LogP contribution in [0.2, 0.25) is 19.6 Å². The zero-order chi connectivity index (χ0) is 23.0. The smallest absolute Gasteiger partial charge is 0.410 e. The normalized spacial score (nSPS) is 25.5. The molecule has 0 aliphatic carbocycles. The van der Waals surface area contributed by atoms with E-state index in [1.165, 1.54) is 39.1 Å². The van der Waals surface area contributed by atoms with E-state index in [0.29, 0.717) is 5.56 Å². The number of aliphatic imine (C=N–C) groups is 1. The van der Waals surface area contributed by atoms with Crippen LogP contribution >= 0.6 is 0 Å². The van der Waals surface area contributed by atoms with Crippen molar-refractivity contribution in [1.29, 1.82) is 0 Å². The maximum absolute atomic E-state index is 14.9. The Labute approximate surface area is 177 Å². The molecule has 2 rings (SSSR count). The Morgan fingerprint density at radius 3 is 2.53 bits per heavy atom. The van der Waals surface area contributed by atoms with Gasteiger partial charge in [0.15, 0.2) is 0 Å². The number of carboxylic acid groups (broad SMARTS) is 1. The number of benzene rings is 1. The van der Waals surface area contributed by atoms with Crippen LogP contribution in [-0.2, 0) is 15.3 Å². The largest absolute Gasteiger partial charge is 0.465 e. The van der Waals surface area contributed by atoms with Crippen molar-refractivity contribution in [3.05, 3.63) is 35.1 Å². The van der Waals surface area contributed by atoms with Gasteiger partial charge in [-0.2, -0.15) is 0 Å². The molecule has 30 heavy (non-hydrogen) atoms. The molecular weight excluding hydrogens is 428 g/mol. The number of alkyl halides is 1. The quantitative estimate of drug-likeness (QED) is 0.525. The van der Waals surface area contributed by atoms with E-state index in [1.54, 1.807) is 0 Å². The SMILES string of the molecule is CN=[S@@]1(=O)C[C@@](CF)(c2cc(C#C[Si](C)(C)C)ccc2F)N=C(NC(=O)O)C1(C)C. The summed E-state index contributed by atoms with van der Waals surface area (Å²) in [6, 6.07) is 4.06. The molecule has 0 radical (unpaired) electrons. The van der Waals surface area contributed by atoms with Crippen LogP contribution < -0.4 is 5.32 Å². The molecule has 1 aliphatic rings. The van der Waals surface area contributed by atoms with E-state index in [9.17, 15) is 22.9 Å². The molecule has 0 bridgehead atoms. The van der Waals surface area contributed by atoms with Crippen molar-refractivity contribution in [3.63, 3.8) is 0 Å². The van der Waals surface area contributed by atoms with E-state index in [1.807, 2.05) is 0 Å². The van der Waals surface area contributed by atoms with Gasteiger partial charge in [-0.1, -0.05) is 25.6 Å². The summed E-state index contributed by atoms with van der Waals surface area (Å²) in [5.74, 6) is 1.66. The highest BCUT2D eigenvalue weighted by molar-refractivity contribution is 7.95. The minimum Gasteiger partial charge on any atom is -0.465 e. The Morgan fingerprint density at radius 2 is 2.03 bits per heavy atom. The summed E-state index contributed by atoms with van der Waals surface area (Å²) in [4.78, 5) is 15.6. The summed E-state index contributed by atoms with van der Waals surface area (Å²) in [7, 11) is -3.59. The Hall–Kier alpha value is -2.25. The van der Waals surface area contributed by atoms with Gasteiger partial charge in [-0.15, -0.1) is 5.54 Å². The third-order valence-electron chi connectivity index (χ3n) is 4.92. The predicted molar refractivity (Wildman–Crippen MR) is 118 cm³/mol. The van der Waals surface area contributed by atoms with Gasteiger partial charge < -0.3 is 5.11 Å². The van der Waals surface area contributed by atoms with Crippen LogP contribution in [-0.4, -0.2) is 53.5 Å². The zero-order valence-electron chi connectivity index (χ0n) is 18.0. The van der Waals surface area contributed by atoms with Crippen LogP contribution in [0.25, 0.3) is 0 Å². The fourth-order valence-corrected chi connectivity index (χ4v) is 5.92. The summed E-state index contributed by atoms with van der Waals surface area (Å²) in [6.07, 6.45) is -1.44. The van der Waals surface area contributed by atoms with E-state index >= 15 is 0 Å². The first-order valence-electron chi connectivity index (χ1n) is 9.32. The van der Waals surface area contributed by atoms with Crippen molar-refractivity contribution in [3.8, 4) is 11.5 Å². The summed E-state index contributed by atoms with van der Waals surface area (Å²) >= 11 is 0. The lowest BCUT2D eigenvalue weighted by atomic mass is 9.91. The first-order valence-corrected chi connectivity index (χ1v) is 14.5. The van der Waals surface area contributed by atoms with Crippen LogP contribution in [0.5, 0.6) is 0 Å². The van der Waals surface area contributed by atoms with Gasteiger partial charge in [-0.3, -0.25) is 10.3 Å². The number of nitrogens with one attached hydrogen (secondary N) is 1. The van der Waals surface area contributed by atoms with E-state index in [-0.39, 0.29) is 17.2 Å². The number of rotatable bonds is 2. The van der Waals surface area contributed by atoms with Gasteiger partial charge in [0.25, 0.3) is 0 Å². The van der Waals surface area contributed by atoms with Crippen molar-refractivity contribution in [2.45, 2.75) is 43.8 Å². The number of amidine groups is 1. The first-order chi connectivity index (χ1) is 13.7. The van der Waals surface area contributed by atoms with Crippen LogP contribution in [0, 0.1) is 17.3 Å². The lowest BCUT2D eigenvalue weighted by Crippen LogP contribution is -2.58. The predicted octanol–water partition coefficient (Wildman–Crippen LogP) is 3.78. The summed E-state index contributed by atoms with van der Waals surface area (Å²) in [6.45, 7) is 8.04. The summed E-state index contributed by atoms with van der Waals surface area (Å²) in [5.41, 5.74) is 1.64. The minimum absolute atomic E-state index is 0.121. The molecule has 164 valence electrons. The number of amides is 1. The average molecular weight is 456 g/mol. The molecule has 1 aromatic carbocycles. The zero-order valence-corrected chi connectivity index (χ0v) is 19.8. The fourth-order valence-electron chi connectivity index (χ4n) is 3.11. The monoisotopic (exact) mass is 455 g/mol. The van der Waals surface area contributed by atoms with Crippen molar-refractivity contribution in [2.75, 3.05) is 19.5 Å². The number of hydrogen-bond donors (Lipinski definition) is 2. The second-order valence-corrected chi connectivity index (χ2v) is 16.4. The molecule has 1 heterocycles. The second kappa shape index (κ2) is 8.11. The molecule has 1 amide bonds. The van der Waals surface area contributed by atoms with Gasteiger partial charge in [0.1, 0.15) is 36.7 Å². The summed E-state index contributed by atoms with van der Waals surface area (Å²) < 4.78 is 45.7. The molecular formula is C20H27F2N3O3SSi. The van der Waals surface area contributed by atoms with E-state index in [0.717, 1.165) is 0 Å². The van der Waals surface area contributed by atoms with Crippen molar-refractivity contribution in [2.24, 2.45) is 9.36 Å². The molecule has 10 heteroatoms. The molecule has 2 N–H and O–H groups in total. The molecule has 0 saturated carbocycles. The average Bonchev–Trinajstić information content (AvgIpc) is 2.64. The highest BCUT2D eigenvalue weighted by atomic mass is 32.2. The van der Waals surface area contributed by atoms with E-state index in [2.05, 4.69) is 45.8 Å². The molecule has 0 unspecified atom stereocenters. The fraction of sp³-hybridized carbons (Fsp3) is 0.500. The van der Waals surface area contributed by atoms with Crippen molar-refractivity contribution < 1.29 is 22.9 Å². The summed E-state index contributed by atoms with van der Waals surface area (Å²) in [5, 5.41) is 11.3. The second-order valence-electron chi connectivity index (χ2n) is 8.73. The van der Waals surface area contributed by atoms with Crippen LogP contribution in [0.15, 0.2) is 27.6 Å². The number of nitrogens with zero attached hydrogens (tertiary/aromatic N) is 2. The maximum Gasteiger partial charge on any atom is 0.410 e. The molecule has 0 aromatic heterocycles. The molecule has 6 nitrogen and oxygen atoms in total. The topological polar surface area (TPSA) is 91.1 Å². The molecule has 1 aromatic rings. The Bertz CT molecular complexity index is 1080. The van der Waals surface area contributed by atoms with Crippen LogP contribution in [0.1, 0.15) is 25.0 Å². The van der Waals surface area contributed by atoms with Gasteiger partial charge in [0.05, 0.1) is 15.5 Å². The van der Waals surface area contributed by atoms with E-state index < -0.39 is 46.7 Å². The Balaban J connectivity index is 2.80. The maximum atomic E-state index is 14.9. The highest BCUT2D eigenvalue weighted by Gasteiger charge is 2.51. The third kappa shape index (κ3) is 4.57. The lowest BCUT2D eigenvalue weighted by molar-refractivity contribution is 0.199. The first kappa shape index (κ1) is 24.0. The molecule has 0 fully saturated rings. The van der Waals surface area contributed by atoms with Gasteiger partial charge in [0.2, 0.25) is 0 Å². The Kier molecular flexibility index (Phi) is 6.50. The van der Waals surface area contributed by atoms with Gasteiger partial charge in [-0.25, -0.2) is 22.1 Å². The number of halogens is 2. The van der Waals surface area contributed by atoms with Crippen LogP contribution in [0.4, 0.5) is 13.6 Å². The highest BCUT2D eigenvalue weighted by Crippen LogP contribution is 2.40. The number of carbonyl (C=O) groups is 1. The van der Waals surface area contributed by atoms with Crippen molar-refractivity contribution >= 4 is 29.7 Å². The van der Waals surface area contributed by atoms with E-state index in [4.69, 9.17) is 0 Å². The molecule has 0 spiro atoms. The minimum atomic E-state index is -3.20. The van der Waals surface area contributed by atoms with Crippen LogP contribution in [0.3, 0.4) is 0 Å². The molecule has 2 atom stereocenters. The van der Waals surface area contributed by atoms with Gasteiger partial charge in [0, 0.05) is 18.2 Å². The van der Waals surface area contributed by atoms with Crippen molar-refractivity contribution in [1.82, 2.24) is 5.32 Å². The molecule has 1 aliphatic heterocycles. The Morgan fingerprint density at radius 1 is 1.40 bits per heavy atom. The van der Waals surface area contributed by atoms with Gasteiger partial charge >= 0.3 is 6.09 Å². The van der Waals surface area contributed by atoms with Gasteiger partial charge in [-0.05, 0) is 32.0 Å². The third-order valence-corrected chi connectivity index (χ3v) is 9.04. The standard InChI is InChI=1S/C20H27F2N3O3SSi/c1-19(2)17(24-18(26)27)25-20(12-21,13-29(19,28)23-3)15-11-14(7-8-16(15)22)9-10-30(4,5)6/h7-8,11H,12-13H2,1-6H3,(H,24,25)(H,26,27)/t20-,29+/m0/s1. The number of hydrogen-bond acceptors (Lipinski definition) is 4. The lowest BCUT2D eigenvalue weighted by Gasteiger charge is -2.41.